The summed E-state index contributed by atoms with van der Waals surface area (Å²) < 4.78 is 0. The number of hydrogen-bond acceptors (Lipinski definition) is 2. The van der Waals surface area contributed by atoms with Crippen molar-refractivity contribution in [2.75, 3.05) is 13.6 Å². The maximum Gasteiger partial charge on any atom is 0.315 e. The average Bonchev–Trinajstić information content (AvgIpc) is 2.34. The Labute approximate surface area is 96.4 Å². The van der Waals surface area contributed by atoms with Crippen LogP contribution in [0.4, 0.5) is 4.79 Å². The van der Waals surface area contributed by atoms with E-state index in [0.29, 0.717) is 13.1 Å². The Morgan fingerprint density at radius 2 is 1.94 bits per heavy atom. The van der Waals surface area contributed by atoms with Gasteiger partial charge in [-0.25, -0.2) is 4.79 Å². The van der Waals surface area contributed by atoms with Gasteiger partial charge in [-0.1, -0.05) is 30.3 Å². The molecule has 0 aliphatic rings. The fourth-order valence-electron chi connectivity index (χ4n) is 1.19. The topological polar surface area (TPSA) is 53.2 Å². The first kappa shape index (κ1) is 12.5. The molecule has 16 heavy (non-hydrogen) atoms. The summed E-state index contributed by atoms with van der Waals surface area (Å²) in [6.45, 7) is 3.19. The summed E-state index contributed by atoms with van der Waals surface area (Å²) in [4.78, 5) is 11.4. The van der Waals surface area contributed by atoms with Crippen LogP contribution >= 0.6 is 0 Å². The summed E-state index contributed by atoms with van der Waals surface area (Å²) >= 11 is 0. The number of benzene rings is 1. The van der Waals surface area contributed by atoms with Crippen LogP contribution in [-0.2, 0) is 6.54 Å². The second kappa shape index (κ2) is 6.85. The van der Waals surface area contributed by atoms with Gasteiger partial charge in [-0.05, 0) is 19.5 Å². The monoisotopic (exact) mass is 221 g/mol. The van der Waals surface area contributed by atoms with E-state index < -0.39 is 0 Å². The fourth-order valence-corrected chi connectivity index (χ4v) is 1.19. The van der Waals surface area contributed by atoms with Gasteiger partial charge in [0.25, 0.3) is 0 Å². The Bertz CT molecular complexity index is 313. The number of carbonyl (C=O) groups is 1. The van der Waals surface area contributed by atoms with E-state index in [9.17, 15) is 4.79 Å². The number of hydrogen-bond donors (Lipinski definition) is 3. The first-order valence-electron chi connectivity index (χ1n) is 5.45. The molecular formula is C12H19N3O. The predicted molar refractivity (Wildman–Crippen MR) is 65.2 cm³/mol. The van der Waals surface area contributed by atoms with Crippen molar-refractivity contribution in [3.63, 3.8) is 0 Å². The second-order valence-corrected chi connectivity index (χ2v) is 3.74. The van der Waals surface area contributed by atoms with Crippen LogP contribution in [0.5, 0.6) is 0 Å². The van der Waals surface area contributed by atoms with E-state index >= 15 is 0 Å². The SMILES string of the molecule is CNC(C)CNC(=O)NCc1ccccc1. The highest BCUT2D eigenvalue weighted by atomic mass is 16.2. The van der Waals surface area contributed by atoms with Crippen molar-refractivity contribution in [3.05, 3.63) is 35.9 Å². The summed E-state index contributed by atoms with van der Waals surface area (Å²) in [6.07, 6.45) is 0. The standard InChI is InChI=1S/C12H19N3O/c1-10(13-2)8-14-12(16)15-9-11-6-4-3-5-7-11/h3-7,10,13H,8-9H2,1-2H3,(H2,14,15,16). The Morgan fingerprint density at radius 1 is 1.25 bits per heavy atom. The lowest BCUT2D eigenvalue weighted by atomic mass is 10.2. The van der Waals surface area contributed by atoms with E-state index in [0.717, 1.165) is 5.56 Å². The van der Waals surface area contributed by atoms with Crippen LogP contribution in [0.15, 0.2) is 30.3 Å². The van der Waals surface area contributed by atoms with Crippen molar-refractivity contribution in [1.29, 1.82) is 0 Å². The van der Waals surface area contributed by atoms with Crippen LogP contribution in [0.3, 0.4) is 0 Å². The second-order valence-electron chi connectivity index (χ2n) is 3.74. The molecule has 0 bridgehead atoms. The molecule has 1 rings (SSSR count). The molecule has 0 saturated carbocycles. The number of rotatable bonds is 5. The lowest BCUT2D eigenvalue weighted by Gasteiger charge is -2.12. The van der Waals surface area contributed by atoms with Crippen molar-refractivity contribution in [1.82, 2.24) is 16.0 Å². The summed E-state index contributed by atoms with van der Waals surface area (Å²) in [5.41, 5.74) is 1.10. The molecule has 1 atom stereocenters. The minimum atomic E-state index is -0.133. The van der Waals surface area contributed by atoms with E-state index in [4.69, 9.17) is 0 Å². The van der Waals surface area contributed by atoms with Crippen LogP contribution in [0.25, 0.3) is 0 Å². The zero-order chi connectivity index (χ0) is 11.8. The van der Waals surface area contributed by atoms with E-state index in [-0.39, 0.29) is 12.1 Å². The van der Waals surface area contributed by atoms with Gasteiger partial charge in [0.1, 0.15) is 0 Å². The van der Waals surface area contributed by atoms with Gasteiger partial charge in [0.05, 0.1) is 0 Å². The smallest absolute Gasteiger partial charge is 0.315 e. The number of urea groups is 1. The Kier molecular flexibility index (Phi) is 5.36. The van der Waals surface area contributed by atoms with Crippen molar-refractivity contribution in [2.24, 2.45) is 0 Å². The third kappa shape index (κ3) is 4.79. The molecule has 0 aliphatic carbocycles. The first-order chi connectivity index (χ1) is 7.72. The molecule has 88 valence electrons. The van der Waals surface area contributed by atoms with Crippen molar-refractivity contribution < 1.29 is 4.79 Å². The molecule has 0 saturated heterocycles. The molecule has 0 aromatic heterocycles. The Hall–Kier alpha value is -1.55. The Morgan fingerprint density at radius 3 is 2.56 bits per heavy atom. The molecule has 0 heterocycles. The van der Waals surface area contributed by atoms with E-state index in [1.807, 2.05) is 44.3 Å². The predicted octanol–water partition coefficient (Wildman–Crippen LogP) is 1.09. The molecule has 3 N–H and O–H groups in total. The van der Waals surface area contributed by atoms with Gasteiger partial charge in [0.2, 0.25) is 0 Å². The van der Waals surface area contributed by atoms with Gasteiger partial charge >= 0.3 is 6.03 Å². The molecule has 0 spiro atoms. The molecule has 4 nitrogen and oxygen atoms in total. The molecular weight excluding hydrogens is 202 g/mol. The minimum absolute atomic E-state index is 0.133. The molecule has 0 radical (unpaired) electrons. The van der Waals surface area contributed by atoms with Gasteiger partial charge in [-0.3, -0.25) is 0 Å². The molecule has 1 unspecified atom stereocenters. The summed E-state index contributed by atoms with van der Waals surface area (Å²) in [7, 11) is 1.87. The summed E-state index contributed by atoms with van der Waals surface area (Å²) in [5.74, 6) is 0. The van der Waals surface area contributed by atoms with Gasteiger partial charge in [0, 0.05) is 19.1 Å². The third-order valence-corrected chi connectivity index (χ3v) is 2.36. The highest BCUT2D eigenvalue weighted by molar-refractivity contribution is 5.73. The van der Waals surface area contributed by atoms with Crippen LogP contribution in [-0.4, -0.2) is 25.7 Å². The molecule has 2 amide bonds. The highest BCUT2D eigenvalue weighted by Gasteiger charge is 2.02. The largest absolute Gasteiger partial charge is 0.337 e. The van der Waals surface area contributed by atoms with Crippen LogP contribution in [0.2, 0.25) is 0 Å². The van der Waals surface area contributed by atoms with E-state index in [1.54, 1.807) is 0 Å². The lowest BCUT2D eigenvalue weighted by Crippen LogP contribution is -2.42. The van der Waals surface area contributed by atoms with Gasteiger partial charge < -0.3 is 16.0 Å². The molecule has 0 fully saturated rings. The van der Waals surface area contributed by atoms with Crippen LogP contribution in [0.1, 0.15) is 12.5 Å². The van der Waals surface area contributed by atoms with Gasteiger partial charge in [0.15, 0.2) is 0 Å². The fraction of sp³-hybridized carbons (Fsp3) is 0.417. The number of carbonyl (C=O) groups excluding carboxylic acids is 1. The number of likely N-dealkylation sites (N-methyl/N-ethyl adjacent to an activating group) is 1. The van der Waals surface area contributed by atoms with E-state index in [1.165, 1.54) is 0 Å². The minimum Gasteiger partial charge on any atom is -0.337 e. The van der Waals surface area contributed by atoms with Crippen LogP contribution in [0, 0.1) is 0 Å². The van der Waals surface area contributed by atoms with Crippen molar-refractivity contribution >= 4 is 6.03 Å². The number of amides is 2. The first-order valence-corrected chi connectivity index (χ1v) is 5.45. The zero-order valence-corrected chi connectivity index (χ0v) is 9.79. The van der Waals surface area contributed by atoms with Crippen molar-refractivity contribution in [2.45, 2.75) is 19.5 Å². The lowest BCUT2D eigenvalue weighted by molar-refractivity contribution is 0.239. The molecule has 1 aromatic carbocycles. The van der Waals surface area contributed by atoms with Crippen molar-refractivity contribution in [3.8, 4) is 0 Å². The molecule has 4 heteroatoms. The van der Waals surface area contributed by atoms with Gasteiger partial charge in [-0.15, -0.1) is 0 Å². The summed E-state index contributed by atoms with van der Waals surface area (Å²) in [5, 5.41) is 8.64. The quantitative estimate of drug-likeness (QED) is 0.697. The van der Waals surface area contributed by atoms with E-state index in [2.05, 4.69) is 16.0 Å². The maximum absolute atomic E-state index is 11.4. The summed E-state index contributed by atoms with van der Waals surface area (Å²) in [6, 6.07) is 9.98. The highest BCUT2D eigenvalue weighted by Crippen LogP contribution is 1.96. The average molecular weight is 221 g/mol. The normalized spacial score (nSPS) is 11.9. The molecule has 0 aliphatic heterocycles. The zero-order valence-electron chi connectivity index (χ0n) is 9.79. The maximum atomic E-state index is 11.4. The Balaban J connectivity index is 2.20. The third-order valence-electron chi connectivity index (χ3n) is 2.36. The van der Waals surface area contributed by atoms with Gasteiger partial charge in [-0.2, -0.15) is 0 Å². The van der Waals surface area contributed by atoms with Crippen LogP contribution < -0.4 is 16.0 Å². The molecule has 1 aromatic rings. The number of nitrogens with one attached hydrogen (secondary N) is 3.